The molecule has 0 aliphatic carbocycles. The molecule has 0 aliphatic heterocycles. The second-order valence-corrected chi connectivity index (χ2v) is 3.49. The second-order valence-electron chi connectivity index (χ2n) is 3.49. The summed E-state index contributed by atoms with van der Waals surface area (Å²) in [5.41, 5.74) is 5.35. The minimum Gasteiger partial charge on any atom is -0.322 e. The molecule has 0 unspecified atom stereocenters. The first kappa shape index (κ1) is 12.6. The lowest BCUT2D eigenvalue weighted by molar-refractivity contribution is -0.117. The third kappa shape index (κ3) is 3.00. The van der Waals surface area contributed by atoms with Gasteiger partial charge in [0.05, 0.1) is 11.7 Å². The lowest BCUT2D eigenvalue weighted by Gasteiger charge is -2.11. The molecule has 3 nitrogen and oxygen atoms in total. The van der Waals surface area contributed by atoms with E-state index in [1.807, 2.05) is 6.92 Å². The summed E-state index contributed by atoms with van der Waals surface area (Å²) in [6.45, 7) is 1.88. The van der Waals surface area contributed by atoms with Gasteiger partial charge in [-0.3, -0.25) is 4.79 Å². The van der Waals surface area contributed by atoms with Gasteiger partial charge in [-0.2, -0.15) is 0 Å². The van der Waals surface area contributed by atoms with Crippen LogP contribution in [0.15, 0.2) is 18.2 Å². The average Bonchev–Trinajstić information content (AvgIpc) is 2.25. The molecule has 1 amide bonds. The zero-order valence-corrected chi connectivity index (χ0v) is 8.97. The lowest BCUT2D eigenvalue weighted by atomic mass is 10.1. The van der Waals surface area contributed by atoms with Crippen molar-refractivity contribution in [2.45, 2.75) is 25.8 Å². The summed E-state index contributed by atoms with van der Waals surface area (Å²) in [5, 5.41) is 2.26. The van der Waals surface area contributed by atoms with Crippen LogP contribution in [0.25, 0.3) is 0 Å². The number of halogens is 2. The number of rotatable bonds is 4. The molecule has 3 N–H and O–H groups in total. The number of amides is 1. The molecule has 0 radical (unpaired) electrons. The minimum absolute atomic E-state index is 0.184. The van der Waals surface area contributed by atoms with E-state index < -0.39 is 23.6 Å². The molecule has 1 aromatic rings. The van der Waals surface area contributed by atoms with Crippen LogP contribution in [-0.4, -0.2) is 11.9 Å². The monoisotopic (exact) mass is 228 g/mol. The molecule has 16 heavy (non-hydrogen) atoms. The molecule has 0 heterocycles. The average molecular weight is 228 g/mol. The van der Waals surface area contributed by atoms with Gasteiger partial charge in [-0.1, -0.05) is 19.4 Å². The van der Waals surface area contributed by atoms with Crippen LogP contribution in [0.5, 0.6) is 0 Å². The number of hydrogen-bond acceptors (Lipinski definition) is 2. The Morgan fingerprint density at radius 2 is 2.19 bits per heavy atom. The van der Waals surface area contributed by atoms with Crippen molar-refractivity contribution < 1.29 is 13.6 Å². The van der Waals surface area contributed by atoms with Crippen molar-refractivity contribution in [3.8, 4) is 0 Å². The van der Waals surface area contributed by atoms with E-state index in [1.165, 1.54) is 12.1 Å². The molecule has 1 atom stereocenters. The number of carbonyl (C=O) groups excluding carboxylic acids is 1. The van der Waals surface area contributed by atoms with Crippen molar-refractivity contribution in [1.29, 1.82) is 0 Å². The van der Waals surface area contributed by atoms with E-state index >= 15 is 0 Å². The van der Waals surface area contributed by atoms with E-state index in [-0.39, 0.29) is 5.69 Å². The Morgan fingerprint density at radius 3 is 2.81 bits per heavy atom. The zero-order chi connectivity index (χ0) is 12.1. The summed E-state index contributed by atoms with van der Waals surface area (Å²) in [7, 11) is 0. The molecule has 0 bridgehead atoms. The fourth-order valence-electron chi connectivity index (χ4n) is 1.27. The number of carbonyl (C=O) groups is 1. The van der Waals surface area contributed by atoms with Crippen molar-refractivity contribution in [3.05, 3.63) is 29.8 Å². The Hall–Kier alpha value is -1.49. The third-order valence-corrected chi connectivity index (χ3v) is 2.15. The van der Waals surface area contributed by atoms with Gasteiger partial charge >= 0.3 is 0 Å². The van der Waals surface area contributed by atoms with E-state index in [0.717, 1.165) is 12.5 Å². The standard InChI is InChI=1S/C11H14F2N2O/c1-2-4-8(14)11(16)15-9-6-3-5-7(12)10(9)13/h3,5-6,8H,2,4,14H2,1H3,(H,15,16)/t8-/m1/s1. The molecule has 0 fully saturated rings. The number of anilines is 1. The van der Waals surface area contributed by atoms with Crippen molar-refractivity contribution in [3.63, 3.8) is 0 Å². The van der Waals surface area contributed by atoms with Gasteiger partial charge in [0.2, 0.25) is 5.91 Å². The highest BCUT2D eigenvalue weighted by Gasteiger charge is 2.15. The first-order chi connectivity index (χ1) is 7.56. The van der Waals surface area contributed by atoms with Gasteiger partial charge in [0.15, 0.2) is 11.6 Å². The summed E-state index contributed by atoms with van der Waals surface area (Å²) in [5.74, 6) is -2.58. The largest absolute Gasteiger partial charge is 0.322 e. The van der Waals surface area contributed by atoms with Crippen molar-refractivity contribution in [2.75, 3.05) is 5.32 Å². The van der Waals surface area contributed by atoms with Gasteiger partial charge in [0.25, 0.3) is 0 Å². The van der Waals surface area contributed by atoms with Crippen molar-refractivity contribution in [2.24, 2.45) is 5.73 Å². The maximum atomic E-state index is 13.2. The highest BCUT2D eigenvalue weighted by molar-refractivity contribution is 5.94. The normalized spacial score (nSPS) is 12.2. The van der Waals surface area contributed by atoms with E-state index in [4.69, 9.17) is 5.73 Å². The molecular formula is C11H14F2N2O. The Kier molecular flexibility index (Phi) is 4.37. The number of nitrogens with one attached hydrogen (secondary N) is 1. The van der Waals surface area contributed by atoms with Gasteiger partial charge in [-0.15, -0.1) is 0 Å². The lowest BCUT2D eigenvalue weighted by Crippen LogP contribution is -2.35. The SMILES string of the molecule is CCC[C@@H](N)C(=O)Nc1cccc(F)c1F. The quantitative estimate of drug-likeness (QED) is 0.828. The fourth-order valence-corrected chi connectivity index (χ4v) is 1.27. The smallest absolute Gasteiger partial charge is 0.241 e. The van der Waals surface area contributed by atoms with E-state index in [2.05, 4.69) is 5.32 Å². The Balaban J connectivity index is 2.73. The van der Waals surface area contributed by atoms with Crippen LogP contribution < -0.4 is 11.1 Å². The first-order valence-corrected chi connectivity index (χ1v) is 5.06. The second kappa shape index (κ2) is 5.55. The summed E-state index contributed by atoms with van der Waals surface area (Å²) < 4.78 is 26.0. The Morgan fingerprint density at radius 1 is 1.50 bits per heavy atom. The summed E-state index contributed by atoms with van der Waals surface area (Å²) >= 11 is 0. The Labute approximate surface area is 92.6 Å². The molecule has 1 rings (SSSR count). The van der Waals surface area contributed by atoms with Crippen LogP contribution in [-0.2, 0) is 4.79 Å². The molecule has 5 heteroatoms. The number of nitrogens with two attached hydrogens (primary N) is 1. The van der Waals surface area contributed by atoms with Crippen LogP contribution >= 0.6 is 0 Å². The van der Waals surface area contributed by atoms with Crippen LogP contribution in [0.4, 0.5) is 14.5 Å². The van der Waals surface area contributed by atoms with Crippen LogP contribution in [0.1, 0.15) is 19.8 Å². The molecule has 1 aromatic carbocycles. The van der Waals surface area contributed by atoms with Crippen LogP contribution in [0.3, 0.4) is 0 Å². The maximum Gasteiger partial charge on any atom is 0.241 e. The molecule has 0 saturated heterocycles. The molecule has 0 spiro atoms. The third-order valence-electron chi connectivity index (χ3n) is 2.15. The van der Waals surface area contributed by atoms with Crippen molar-refractivity contribution >= 4 is 11.6 Å². The van der Waals surface area contributed by atoms with Gasteiger partial charge in [-0.25, -0.2) is 8.78 Å². The highest BCUT2D eigenvalue weighted by Crippen LogP contribution is 2.16. The van der Waals surface area contributed by atoms with Crippen molar-refractivity contribution in [1.82, 2.24) is 0 Å². The van der Waals surface area contributed by atoms with Gasteiger partial charge in [-0.05, 0) is 18.6 Å². The first-order valence-electron chi connectivity index (χ1n) is 5.06. The Bertz CT molecular complexity index is 382. The van der Waals surface area contributed by atoms with E-state index in [0.29, 0.717) is 6.42 Å². The van der Waals surface area contributed by atoms with E-state index in [1.54, 1.807) is 0 Å². The topological polar surface area (TPSA) is 55.1 Å². The molecular weight excluding hydrogens is 214 g/mol. The fraction of sp³-hybridized carbons (Fsp3) is 0.364. The number of benzene rings is 1. The van der Waals surface area contributed by atoms with Crippen LogP contribution in [0, 0.1) is 11.6 Å². The van der Waals surface area contributed by atoms with Gasteiger partial charge in [0.1, 0.15) is 0 Å². The molecule has 0 aromatic heterocycles. The molecule has 0 saturated carbocycles. The predicted molar refractivity (Wildman–Crippen MR) is 57.9 cm³/mol. The summed E-state index contributed by atoms with van der Waals surface area (Å²) in [6.07, 6.45) is 1.25. The summed E-state index contributed by atoms with van der Waals surface area (Å²) in [4.78, 5) is 11.4. The van der Waals surface area contributed by atoms with Crippen LogP contribution in [0.2, 0.25) is 0 Å². The maximum absolute atomic E-state index is 13.2. The van der Waals surface area contributed by atoms with Gasteiger partial charge < -0.3 is 11.1 Å². The predicted octanol–water partition coefficient (Wildman–Crippen LogP) is 2.03. The summed E-state index contributed by atoms with van der Waals surface area (Å²) in [6, 6.07) is 2.89. The molecule has 0 aliphatic rings. The minimum atomic E-state index is -1.07. The zero-order valence-electron chi connectivity index (χ0n) is 8.97. The molecule has 88 valence electrons. The highest BCUT2D eigenvalue weighted by atomic mass is 19.2. The van der Waals surface area contributed by atoms with Gasteiger partial charge in [0, 0.05) is 0 Å². The number of hydrogen-bond donors (Lipinski definition) is 2. The van der Waals surface area contributed by atoms with E-state index in [9.17, 15) is 13.6 Å².